The summed E-state index contributed by atoms with van der Waals surface area (Å²) in [7, 11) is 3.86. The predicted molar refractivity (Wildman–Crippen MR) is 76.9 cm³/mol. The molecule has 0 unspecified atom stereocenters. The first-order valence-electron chi connectivity index (χ1n) is 6.57. The highest BCUT2D eigenvalue weighted by molar-refractivity contribution is 7.99. The number of aromatic nitrogens is 2. The Bertz CT molecular complexity index is 478. The quantitative estimate of drug-likeness (QED) is 0.755. The van der Waals surface area contributed by atoms with Crippen molar-refractivity contribution in [2.45, 2.75) is 31.5 Å². The predicted octanol–water partition coefficient (Wildman–Crippen LogP) is 1.45. The first kappa shape index (κ1) is 17.4. The lowest BCUT2D eigenvalue weighted by Gasteiger charge is -2.18. The third kappa shape index (κ3) is 5.72. The second-order valence-corrected chi connectivity index (χ2v) is 5.28. The van der Waals surface area contributed by atoms with Crippen LogP contribution in [0.5, 0.6) is 0 Å². The fraction of sp³-hybridized carbons (Fsp3) is 0.667. The van der Waals surface area contributed by atoms with Crippen LogP contribution in [0.2, 0.25) is 0 Å². The second-order valence-electron chi connectivity index (χ2n) is 4.35. The molecule has 1 aromatic rings. The first-order valence-corrected chi connectivity index (χ1v) is 7.55. The topological polar surface area (TPSA) is 97.6 Å². The Morgan fingerprint density at radius 2 is 2.10 bits per heavy atom. The van der Waals surface area contributed by atoms with Gasteiger partial charge in [0, 0.05) is 0 Å². The maximum absolute atomic E-state index is 11.5. The summed E-state index contributed by atoms with van der Waals surface area (Å²) in [6.07, 6.45) is 0.0795. The van der Waals surface area contributed by atoms with Crippen molar-refractivity contribution in [2.75, 3.05) is 26.5 Å². The van der Waals surface area contributed by atoms with Crippen molar-refractivity contribution in [1.82, 2.24) is 20.4 Å². The zero-order valence-corrected chi connectivity index (χ0v) is 13.4. The number of nitrogens with one attached hydrogen (secondary N) is 1. The smallest absolute Gasteiger partial charge is 0.413 e. The summed E-state index contributed by atoms with van der Waals surface area (Å²) in [4.78, 5) is 24.5. The molecule has 9 heteroatoms. The average molecular weight is 316 g/mol. The Kier molecular flexibility index (Phi) is 7.17. The van der Waals surface area contributed by atoms with Crippen LogP contribution in [0.15, 0.2) is 9.64 Å². The third-order valence-corrected chi connectivity index (χ3v) is 3.38. The van der Waals surface area contributed by atoms with Crippen LogP contribution >= 0.6 is 11.8 Å². The third-order valence-electron chi connectivity index (χ3n) is 2.56. The Balaban J connectivity index is 2.48. The Morgan fingerprint density at radius 3 is 2.67 bits per heavy atom. The summed E-state index contributed by atoms with van der Waals surface area (Å²) in [6, 6.07) is 0.0419. The Hall–Kier alpha value is -1.61. The van der Waals surface area contributed by atoms with Gasteiger partial charge in [-0.15, -0.1) is 10.2 Å². The van der Waals surface area contributed by atoms with Crippen LogP contribution in [0.4, 0.5) is 4.79 Å². The van der Waals surface area contributed by atoms with Crippen molar-refractivity contribution in [3.63, 3.8) is 0 Å². The number of thioether (sulfide) groups is 1. The zero-order valence-electron chi connectivity index (χ0n) is 12.6. The highest BCUT2D eigenvalue weighted by atomic mass is 32.2. The van der Waals surface area contributed by atoms with Gasteiger partial charge in [-0.05, 0) is 27.4 Å². The molecule has 0 aromatic carbocycles. The van der Waals surface area contributed by atoms with Gasteiger partial charge in [0.15, 0.2) is 0 Å². The number of alkyl carbamates (subject to hydrolysis) is 1. The molecule has 1 aromatic heterocycles. The average Bonchev–Trinajstić information content (AvgIpc) is 2.85. The molecule has 0 fully saturated rings. The number of carbonyl (C=O) groups excluding carboxylic acids is 2. The Labute approximate surface area is 127 Å². The van der Waals surface area contributed by atoms with E-state index in [-0.39, 0.29) is 18.4 Å². The van der Waals surface area contributed by atoms with Crippen LogP contribution in [0.25, 0.3) is 0 Å². The molecule has 0 aliphatic rings. The number of rotatable bonds is 7. The van der Waals surface area contributed by atoms with Crippen molar-refractivity contribution in [3.05, 3.63) is 5.89 Å². The lowest BCUT2D eigenvalue weighted by molar-refractivity contribution is -0.117. The van der Waals surface area contributed by atoms with Gasteiger partial charge in [0.2, 0.25) is 11.8 Å². The minimum atomic E-state index is -0.757. The number of ether oxygens (including phenoxy) is 1. The normalized spacial score (nSPS) is 12.2. The molecule has 0 saturated heterocycles. The van der Waals surface area contributed by atoms with Gasteiger partial charge < -0.3 is 9.15 Å². The van der Waals surface area contributed by atoms with Gasteiger partial charge in [0.25, 0.3) is 5.22 Å². The van der Waals surface area contributed by atoms with E-state index >= 15 is 0 Å². The van der Waals surface area contributed by atoms with Crippen LogP contribution in [-0.4, -0.2) is 53.6 Å². The van der Waals surface area contributed by atoms with Gasteiger partial charge >= 0.3 is 6.09 Å². The summed E-state index contributed by atoms with van der Waals surface area (Å²) < 4.78 is 10.1. The zero-order chi connectivity index (χ0) is 15.8. The molecule has 1 heterocycles. The Morgan fingerprint density at radius 1 is 1.38 bits per heavy atom. The first-order chi connectivity index (χ1) is 9.97. The summed E-state index contributed by atoms with van der Waals surface area (Å²) >= 11 is 1.07. The van der Waals surface area contributed by atoms with Gasteiger partial charge in [-0.2, -0.15) is 0 Å². The lowest BCUT2D eigenvalue weighted by Crippen LogP contribution is -2.32. The highest BCUT2D eigenvalue weighted by Crippen LogP contribution is 2.24. The largest absolute Gasteiger partial charge is 0.450 e. The van der Waals surface area contributed by atoms with E-state index in [9.17, 15) is 9.59 Å². The molecule has 2 amide bonds. The molecule has 1 atom stereocenters. The van der Waals surface area contributed by atoms with Crippen LogP contribution in [0.3, 0.4) is 0 Å². The molecule has 0 radical (unpaired) electrons. The number of carbonyl (C=O) groups is 2. The van der Waals surface area contributed by atoms with E-state index in [4.69, 9.17) is 4.42 Å². The summed E-state index contributed by atoms with van der Waals surface area (Å²) in [5.74, 6) is 0.0350. The highest BCUT2D eigenvalue weighted by Gasteiger charge is 2.19. The molecule has 0 bridgehead atoms. The minimum Gasteiger partial charge on any atom is -0.450 e. The van der Waals surface area contributed by atoms with Gasteiger partial charge in [-0.25, -0.2) is 4.79 Å². The van der Waals surface area contributed by atoms with Crippen molar-refractivity contribution in [2.24, 2.45) is 0 Å². The van der Waals surface area contributed by atoms with Crippen molar-refractivity contribution < 1.29 is 18.7 Å². The summed E-state index contributed by atoms with van der Waals surface area (Å²) in [5.41, 5.74) is 0. The van der Waals surface area contributed by atoms with E-state index in [0.29, 0.717) is 11.1 Å². The monoisotopic (exact) mass is 316 g/mol. The molecule has 21 heavy (non-hydrogen) atoms. The van der Waals surface area contributed by atoms with Gasteiger partial charge in [0.1, 0.15) is 0 Å². The van der Waals surface area contributed by atoms with Crippen LogP contribution < -0.4 is 5.32 Å². The molecular weight excluding hydrogens is 296 g/mol. The van der Waals surface area contributed by atoms with Gasteiger partial charge in [0.05, 0.1) is 18.4 Å². The SMILES string of the molecule is CCOC(=O)NC(=O)CSc1nnc([C@@H](CC)N(C)C)o1. The molecular formula is C12H20N4O4S. The van der Waals surface area contributed by atoms with E-state index in [1.54, 1.807) is 6.92 Å². The maximum Gasteiger partial charge on any atom is 0.413 e. The molecule has 1 N–H and O–H groups in total. The summed E-state index contributed by atoms with van der Waals surface area (Å²) in [5, 5.41) is 10.2. The molecule has 0 spiro atoms. The van der Waals surface area contributed by atoms with E-state index in [1.165, 1.54) is 0 Å². The molecule has 8 nitrogen and oxygen atoms in total. The molecule has 0 aliphatic carbocycles. The molecule has 0 aliphatic heterocycles. The van der Waals surface area contributed by atoms with E-state index in [2.05, 4.69) is 20.3 Å². The van der Waals surface area contributed by atoms with Gasteiger partial charge in [-0.3, -0.25) is 15.0 Å². The van der Waals surface area contributed by atoms with E-state index in [1.807, 2.05) is 25.9 Å². The fourth-order valence-corrected chi connectivity index (χ4v) is 2.19. The number of amides is 2. The van der Waals surface area contributed by atoms with Crippen LogP contribution in [0.1, 0.15) is 32.2 Å². The van der Waals surface area contributed by atoms with Crippen molar-refractivity contribution in [3.8, 4) is 0 Å². The molecule has 0 saturated carbocycles. The van der Waals surface area contributed by atoms with Crippen molar-refractivity contribution in [1.29, 1.82) is 0 Å². The number of imide groups is 1. The number of hydrogen-bond acceptors (Lipinski definition) is 8. The van der Waals surface area contributed by atoms with E-state index in [0.717, 1.165) is 18.2 Å². The maximum atomic E-state index is 11.5. The van der Waals surface area contributed by atoms with Crippen LogP contribution in [0, 0.1) is 0 Å². The standard InChI is InChI=1S/C12H20N4O4S/c1-5-8(16(3)4)10-14-15-12(20-10)21-7-9(17)13-11(18)19-6-2/h8H,5-7H2,1-4H3,(H,13,17,18)/t8-/m1/s1. The molecule has 118 valence electrons. The lowest BCUT2D eigenvalue weighted by atomic mass is 10.2. The van der Waals surface area contributed by atoms with Crippen molar-refractivity contribution >= 4 is 23.8 Å². The number of hydrogen-bond donors (Lipinski definition) is 1. The summed E-state index contributed by atoms with van der Waals surface area (Å²) in [6.45, 7) is 3.89. The van der Waals surface area contributed by atoms with E-state index < -0.39 is 12.0 Å². The molecule has 1 rings (SSSR count). The number of nitrogens with zero attached hydrogens (tertiary/aromatic N) is 3. The minimum absolute atomic E-state index is 0.000790. The van der Waals surface area contributed by atoms with Gasteiger partial charge in [-0.1, -0.05) is 18.7 Å². The second kappa shape index (κ2) is 8.63. The van der Waals surface area contributed by atoms with Crippen LogP contribution in [-0.2, 0) is 9.53 Å². The fourth-order valence-electron chi connectivity index (χ4n) is 1.62.